The van der Waals surface area contributed by atoms with Gasteiger partial charge >= 0.3 is 0 Å². The molecule has 0 aromatic carbocycles. The standard InChI is InChI=1S/C6H14O5P4/c1-2(7)4-3(8)5(10-14-12)6(9-4)11-15-13/h3-6,8,14-15H,12-13H2,1H3/t3-,4+,5+,6+/m1/s1. The van der Waals surface area contributed by atoms with Gasteiger partial charge < -0.3 is 18.9 Å². The Morgan fingerprint density at radius 2 is 2.00 bits per heavy atom. The van der Waals surface area contributed by atoms with Crippen molar-refractivity contribution < 1.29 is 23.7 Å². The summed E-state index contributed by atoms with van der Waals surface area (Å²) in [6, 6.07) is 0. The monoisotopic (exact) mass is 290 g/mol. The van der Waals surface area contributed by atoms with Gasteiger partial charge in [-0.05, 0) is 6.92 Å². The Bertz CT molecular complexity index is 228. The molecule has 9 heteroatoms. The molecule has 1 saturated heterocycles. The van der Waals surface area contributed by atoms with Gasteiger partial charge in [-0.3, -0.25) is 4.79 Å². The molecule has 1 N–H and O–H groups in total. The molecule has 0 aliphatic carbocycles. The van der Waals surface area contributed by atoms with Crippen LogP contribution >= 0.6 is 34.8 Å². The van der Waals surface area contributed by atoms with Crippen LogP contribution in [0.15, 0.2) is 0 Å². The third kappa shape index (κ3) is 3.60. The largest absolute Gasteiger partial charge is 0.387 e. The lowest BCUT2D eigenvalue weighted by atomic mass is 10.1. The van der Waals surface area contributed by atoms with Gasteiger partial charge in [0.05, 0.1) is 0 Å². The average Bonchev–Trinajstić information content (AvgIpc) is 2.47. The molecule has 0 aromatic heterocycles. The van der Waals surface area contributed by atoms with Crippen molar-refractivity contribution in [3.8, 4) is 0 Å². The normalized spacial score (nSPS) is 37.3. The Balaban J connectivity index is 2.68. The number of carbonyl (C=O) groups is 1. The lowest BCUT2D eigenvalue weighted by Crippen LogP contribution is -2.36. The lowest BCUT2D eigenvalue weighted by Gasteiger charge is -2.18. The first-order chi connectivity index (χ1) is 7.11. The van der Waals surface area contributed by atoms with Crippen LogP contribution in [0.4, 0.5) is 0 Å². The van der Waals surface area contributed by atoms with Crippen molar-refractivity contribution in [2.75, 3.05) is 0 Å². The third-order valence-electron chi connectivity index (χ3n) is 1.98. The predicted molar refractivity (Wildman–Crippen MR) is 67.4 cm³/mol. The number of carbonyl (C=O) groups excluding carboxylic acids is 1. The Morgan fingerprint density at radius 1 is 1.40 bits per heavy atom. The van der Waals surface area contributed by atoms with Gasteiger partial charge in [-0.1, -0.05) is 17.9 Å². The van der Waals surface area contributed by atoms with Crippen molar-refractivity contribution in [1.82, 2.24) is 0 Å². The van der Waals surface area contributed by atoms with E-state index in [1.54, 1.807) is 0 Å². The zero-order valence-electron chi connectivity index (χ0n) is 8.04. The fourth-order valence-electron chi connectivity index (χ4n) is 1.34. The molecule has 0 spiro atoms. The van der Waals surface area contributed by atoms with E-state index in [1.807, 2.05) is 0 Å². The molecule has 1 aliphatic heterocycles. The summed E-state index contributed by atoms with van der Waals surface area (Å²) >= 11 is 0. The molecular weight excluding hydrogens is 276 g/mol. The minimum Gasteiger partial charge on any atom is -0.387 e. The summed E-state index contributed by atoms with van der Waals surface area (Å²) < 4.78 is 15.8. The maximum absolute atomic E-state index is 11.2. The van der Waals surface area contributed by atoms with Crippen LogP contribution < -0.4 is 0 Å². The van der Waals surface area contributed by atoms with Gasteiger partial charge in [-0.15, -0.1) is 0 Å². The molecule has 1 rings (SSSR count). The first-order valence-corrected chi connectivity index (χ1v) is 9.61. The van der Waals surface area contributed by atoms with E-state index < -0.39 is 24.6 Å². The molecule has 4 unspecified atom stereocenters. The molecule has 0 amide bonds. The minimum absolute atomic E-state index is 0.133. The van der Waals surface area contributed by atoms with Crippen LogP contribution in [0.5, 0.6) is 0 Å². The molecule has 0 bridgehead atoms. The second kappa shape index (κ2) is 6.84. The maximum atomic E-state index is 11.2. The van der Waals surface area contributed by atoms with Crippen LogP contribution in [0.25, 0.3) is 0 Å². The molecule has 8 atom stereocenters. The average molecular weight is 290 g/mol. The highest BCUT2D eigenvalue weighted by molar-refractivity contribution is 8.00. The van der Waals surface area contributed by atoms with E-state index in [-0.39, 0.29) is 22.8 Å². The number of hydrogen-bond donors (Lipinski definition) is 1. The molecular formula is C6H14O5P4. The molecule has 5 nitrogen and oxygen atoms in total. The predicted octanol–water partition coefficient (Wildman–Crippen LogP) is 0.830. The fraction of sp³-hybridized carbons (Fsp3) is 0.833. The van der Waals surface area contributed by atoms with E-state index >= 15 is 0 Å². The van der Waals surface area contributed by atoms with Crippen LogP contribution in [0.3, 0.4) is 0 Å². The minimum atomic E-state index is -0.957. The van der Waals surface area contributed by atoms with E-state index in [1.165, 1.54) is 6.92 Å². The zero-order chi connectivity index (χ0) is 11.4. The van der Waals surface area contributed by atoms with Crippen molar-refractivity contribution in [2.45, 2.75) is 31.5 Å². The maximum Gasteiger partial charge on any atom is 0.191 e. The Hall–Kier alpha value is 1.23. The van der Waals surface area contributed by atoms with Crippen LogP contribution in [0.1, 0.15) is 6.92 Å². The topological polar surface area (TPSA) is 65.0 Å². The summed E-state index contributed by atoms with van der Waals surface area (Å²) in [5.41, 5.74) is 0. The lowest BCUT2D eigenvalue weighted by molar-refractivity contribution is -0.139. The van der Waals surface area contributed by atoms with E-state index in [2.05, 4.69) is 17.9 Å². The quantitative estimate of drug-likeness (QED) is 0.760. The summed E-state index contributed by atoms with van der Waals surface area (Å²) in [5.74, 6) is -0.221. The van der Waals surface area contributed by atoms with Crippen LogP contribution in [-0.2, 0) is 18.6 Å². The van der Waals surface area contributed by atoms with Gasteiger partial charge in [-0.2, -0.15) is 0 Å². The number of aliphatic hydroxyl groups is 1. The van der Waals surface area contributed by atoms with Crippen molar-refractivity contribution in [1.29, 1.82) is 0 Å². The highest BCUT2D eigenvalue weighted by Gasteiger charge is 2.47. The smallest absolute Gasteiger partial charge is 0.191 e. The van der Waals surface area contributed by atoms with Crippen molar-refractivity contribution in [3.05, 3.63) is 0 Å². The van der Waals surface area contributed by atoms with Gasteiger partial charge in [0.1, 0.15) is 18.3 Å². The SMILES string of the molecule is CC(=O)[C@@H]1O[C@@H](OPP)[C@@H](OPP)[C@@H]1O. The molecule has 1 heterocycles. The summed E-state index contributed by atoms with van der Waals surface area (Å²) in [6.45, 7) is 1.37. The Morgan fingerprint density at radius 3 is 2.47 bits per heavy atom. The summed E-state index contributed by atoms with van der Waals surface area (Å²) in [4.78, 5) is 11.2. The van der Waals surface area contributed by atoms with E-state index in [0.717, 1.165) is 0 Å². The van der Waals surface area contributed by atoms with Crippen LogP contribution in [0.2, 0.25) is 0 Å². The second-order valence-electron chi connectivity index (χ2n) is 2.96. The van der Waals surface area contributed by atoms with Gasteiger partial charge in [0.2, 0.25) is 0 Å². The van der Waals surface area contributed by atoms with Gasteiger partial charge in [-0.25, -0.2) is 0 Å². The highest BCUT2D eigenvalue weighted by Crippen LogP contribution is 2.37. The number of hydrogen-bond acceptors (Lipinski definition) is 5. The van der Waals surface area contributed by atoms with Crippen LogP contribution in [-0.4, -0.2) is 35.5 Å². The van der Waals surface area contributed by atoms with E-state index in [4.69, 9.17) is 13.8 Å². The first-order valence-electron chi connectivity index (χ1n) is 4.18. The fourth-order valence-corrected chi connectivity index (χ4v) is 2.94. The van der Waals surface area contributed by atoms with E-state index in [0.29, 0.717) is 0 Å². The van der Waals surface area contributed by atoms with Crippen molar-refractivity contribution in [2.24, 2.45) is 0 Å². The number of ether oxygens (including phenoxy) is 1. The Kier molecular flexibility index (Phi) is 6.52. The number of ketones is 1. The van der Waals surface area contributed by atoms with E-state index in [9.17, 15) is 9.90 Å². The molecule has 0 radical (unpaired) electrons. The molecule has 15 heavy (non-hydrogen) atoms. The molecule has 1 aliphatic rings. The first kappa shape index (κ1) is 14.3. The number of rotatable bonds is 5. The Labute approximate surface area is 96.3 Å². The zero-order valence-corrected chi connectivity index (χ0v) is 12.4. The van der Waals surface area contributed by atoms with Gasteiger partial charge in [0.25, 0.3) is 0 Å². The molecule has 88 valence electrons. The van der Waals surface area contributed by atoms with Gasteiger partial charge in [0, 0.05) is 17.0 Å². The van der Waals surface area contributed by atoms with Crippen LogP contribution in [0, 0.1) is 0 Å². The third-order valence-corrected chi connectivity index (χ3v) is 3.58. The summed E-state index contributed by atoms with van der Waals surface area (Å²) in [7, 11) is 5.09. The number of Topliss-reactive ketones (excluding diaryl/α,β-unsaturated/α-hetero) is 1. The summed E-state index contributed by atoms with van der Waals surface area (Å²) in [5, 5.41) is 9.79. The van der Waals surface area contributed by atoms with Gasteiger partial charge in [0.15, 0.2) is 12.1 Å². The highest BCUT2D eigenvalue weighted by atomic mass is 32.0. The molecule has 1 fully saturated rings. The summed E-state index contributed by atoms with van der Waals surface area (Å²) in [6.07, 6.45) is -3.06. The number of aliphatic hydroxyl groups excluding tert-OH is 1. The molecule has 0 saturated carbocycles. The second-order valence-corrected chi connectivity index (χ2v) is 5.32. The van der Waals surface area contributed by atoms with Crippen molar-refractivity contribution in [3.63, 3.8) is 0 Å². The molecule has 0 aromatic rings. The van der Waals surface area contributed by atoms with Crippen molar-refractivity contribution >= 4 is 40.6 Å².